The Labute approximate surface area is 154 Å². The van der Waals surface area contributed by atoms with Crippen LogP contribution in [0, 0.1) is 6.92 Å². The quantitative estimate of drug-likeness (QED) is 0.551. The first kappa shape index (κ1) is 17.1. The van der Waals surface area contributed by atoms with E-state index in [0.717, 1.165) is 16.8 Å². The topological polar surface area (TPSA) is 87.1 Å². The van der Waals surface area contributed by atoms with Crippen molar-refractivity contribution in [2.24, 2.45) is 7.05 Å². The Bertz CT molecular complexity index is 1300. The van der Waals surface area contributed by atoms with Gasteiger partial charge in [-0.25, -0.2) is 4.98 Å². The minimum absolute atomic E-state index is 0.125. The number of hydrogen-bond donors (Lipinski definition) is 0. The standard InChI is InChI=1S/C19H20N6O2/c1-11(2)14-8-17(26)24(10-20-14)9-16-21-22-19-23(4)18(27)13-7-12(3)5-6-15(13)25(16)19/h5-8,10-11H,9H2,1-4H3. The third-order valence-corrected chi connectivity index (χ3v) is 4.74. The molecule has 0 aliphatic rings. The second-order valence-corrected chi connectivity index (χ2v) is 7.07. The minimum atomic E-state index is -0.143. The van der Waals surface area contributed by atoms with Crippen molar-refractivity contribution in [2.45, 2.75) is 33.2 Å². The van der Waals surface area contributed by atoms with Crippen LogP contribution < -0.4 is 11.1 Å². The number of nitrogens with zero attached hydrogens (tertiary/aromatic N) is 6. The van der Waals surface area contributed by atoms with Crippen LogP contribution in [-0.2, 0) is 13.6 Å². The normalized spacial score (nSPS) is 11.7. The highest BCUT2D eigenvalue weighted by Crippen LogP contribution is 2.16. The van der Waals surface area contributed by atoms with E-state index in [0.29, 0.717) is 17.0 Å². The van der Waals surface area contributed by atoms with Crippen molar-refractivity contribution in [1.82, 2.24) is 28.7 Å². The lowest BCUT2D eigenvalue weighted by molar-refractivity contribution is 0.674. The molecule has 0 saturated heterocycles. The monoisotopic (exact) mass is 364 g/mol. The molecule has 0 fully saturated rings. The van der Waals surface area contributed by atoms with Gasteiger partial charge in [0.05, 0.1) is 29.5 Å². The average Bonchev–Trinajstić information content (AvgIpc) is 3.05. The van der Waals surface area contributed by atoms with Gasteiger partial charge in [-0.3, -0.25) is 23.1 Å². The Morgan fingerprint density at radius 1 is 1.11 bits per heavy atom. The van der Waals surface area contributed by atoms with E-state index in [4.69, 9.17) is 0 Å². The average molecular weight is 364 g/mol. The first-order chi connectivity index (χ1) is 12.9. The van der Waals surface area contributed by atoms with Gasteiger partial charge in [0.2, 0.25) is 5.78 Å². The summed E-state index contributed by atoms with van der Waals surface area (Å²) in [6.07, 6.45) is 1.53. The van der Waals surface area contributed by atoms with Gasteiger partial charge in [0.1, 0.15) is 0 Å². The van der Waals surface area contributed by atoms with E-state index >= 15 is 0 Å². The van der Waals surface area contributed by atoms with Crippen molar-refractivity contribution in [3.8, 4) is 0 Å². The summed E-state index contributed by atoms with van der Waals surface area (Å²) in [5.41, 5.74) is 2.21. The molecule has 27 heavy (non-hydrogen) atoms. The van der Waals surface area contributed by atoms with Crippen LogP contribution in [0.25, 0.3) is 16.7 Å². The molecule has 0 aliphatic heterocycles. The van der Waals surface area contributed by atoms with Gasteiger partial charge in [0.25, 0.3) is 11.1 Å². The Morgan fingerprint density at radius 3 is 2.59 bits per heavy atom. The van der Waals surface area contributed by atoms with Crippen molar-refractivity contribution < 1.29 is 0 Å². The summed E-state index contributed by atoms with van der Waals surface area (Å²) in [7, 11) is 1.67. The molecule has 0 atom stereocenters. The highest BCUT2D eigenvalue weighted by atomic mass is 16.1. The molecule has 4 aromatic rings. The van der Waals surface area contributed by atoms with Gasteiger partial charge in [0, 0.05) is 13.1 Å². The molecule has 0 amide bonds. The van der Waals surface area contributed by atoms with Crippen molar-refractivity contribution >= 4 is 16.7 Å². The van der Waals surface area contributed by atoms with Gasteiger partial charge in [-0.2, -0.15) is 0 Å². The molecule has 1 aromatic carbocycles. The molecule has 0 N–H and O–H groups in total. The third-order valence-electron chi connectivity index (χ3n) is 4.74. The zero-order valence-corrected chi connectivity index (χ0v) is 15.7. The van der Waals surface area contributed by atoms with E-state index in [1.165, 1.54) is 15.5 Å². The number of rotatable bonds is 3. The third kappa shape index (κ3) is 2.73. The fourth-order valence-corrected chi connectivity index (χ4v) is 3.19. The van der Waals surface area contributed by atoms with E-state index in [1.54, 1.807) is 13.1 Å². The largest absolute Gasteiger partial charge is 0.291 e. The van der Waals surface area contributed by atoms with E-state index in [-0.39, 0.29) is 23.6 Å². The van der Waals surface area contributed by atoms with Crippen LogP contribution in [0.1, 0.15) is 36.8 Å². The SMILES string of the molecule is Cc1ccc2c(c1)c(=O)n(C)c1nnc(Cn3cnc(C(C)C)cc3=O)n21. The van der Waals surface area contributed by atoms with Gasteiger partial charge in [-0.1, -0.05) is 25.5 Å². The summed E-state index contributed by atoms with van der Waals surface area (Å²) in [4.78, 5) is 29.4. The Kier molecular flexibility index (Phi) is 3.91. The second kappa shape index (κ2) is 6.15. The van der Waals surface area contributed by atoms with Crippen molar-refractivity contribution in [2.75, 3.05) is 0 Å². The molecule has 0 saturated carbocycles. The molecule has 138 valence electrons. The molecule has 8 heteroatoms. The highest BCUT2D eigenvalue weighted by Gasteiger charge is 2.16. The van der Waals surface area contributed by atoms with Gasteiger partial charge in [-0.05, 0) is 25.0 Å². The van der Waals surface area contributed by atoms with Crippen LogP contribution in [0.4, 0.5) is 0 Å². The molecule has 0 radical (unpaired) electrons. The number of benzene rings is 1. The Morgan fingerprint density at radius 2 is 1.89 bits per heavy atom. The van der Waals surface area contributed by atoms with E-state index < -0.39 is 0 Å². The summed E-state index contributed by atoms with van der Waals surface area (Å²) in [6, 6.07) is 7.22. The Hall–Kier alpha value is -3.29. The Balaban J connectivity index is 1.93. The van der Waals surface area contributed by atoms with Gasteiger partial charge >= 0.3 is 0 Å². The molecule has 0 aliphatic carbocycles. The molecule has 0 bridgehead atoms. The molecular formula is C19H20N6O2. The summed E-state index contributed by atoms with van der Waals surface area (Å²) in [5.74, 6) is 1.18. The lowest BCUT2D eigenvalue weighted by Crippen LogP contribution is -2.24. The number of hydrogen-bond acceptors (Lipinski definition) is 5. The molecule has 4 rings (SSSR count). The van der Waals surface area contributed by atoms with E-state index in [1.807, 2.05) is 43.4 Å². The van der Waals surface area contributed by atoms with E-state index in [2.05, 4.69) is 15.2 Å². The van der Waals surface area contributed by atoms with Crippen LogP contribution in [0.5, 0.6) is 0 Å². The summed E-state index contributed by atoms with van der Waals surface area (Å²) >= 11 is 0. The molecule has 0 unspecified atom stereocenters. The maximum absolute atomic E-state index is 12.6. The van der Waals surface area contributed by atoms with Crippen LogP contribution in [0.2, 0.25) is 0 Å². The maximum Gasteiger partial charge on any atom is 0.262 e. The summed E-state index contributed by atoms with van der Waals surface area (Å²) < 4.78 is 4.79. The highest BCUT2D eigenvalue weighted by molar-refractivity contribution is 5.81. The predicted octanol–water partition coefficient (Wildman–Crippen LogP) is 1.62. The zero-order chi connectivity index (χ0) is 19.3. The maximum atomic E-state index is 12.6. The van der Waals surface area contributed by atoms with Gasteiger partial charge in [-0.15, -0.1) is 10.2 Å². The van der Waals surface area contributed by atoms with Gasteiger partial charge < -0.3 is 0 Å². The fourth-order valence-electron chi connectivity index (χ4n) is 3.19. The fraction of sp³-hybridized carbons (Fsp3) is 0.316. The molecule has 3 aromatic heterocycles. The van der Waals surface area contributed by atoms with Crippen molar-refractivity contribution in [3.63, 3.8) is 0 Å². The first-order valence-corrected chi connectivity index (χ1v) is 8.76. The van der Waals surface area contributed by atoms with Crippen LogP contribution in [0.3, 0.4) is 0 Å². The van der Waals surface area contributed by atoms with Crippen LogP contribution >= 0.6 is 0 Å². The lowest BCUT2D eigenvalue weighted by atomic mass is 10.1. The second-order valence-electron chi connectivity index (χ2n) is 7.07. The van der Waals surface area contributed by atoms with E-state index in [9.17, 15) is 9.59 Å². The van der Waals surface area contributed by atoms with Crippen LogP contribution in [0.15, 0.2) is 40.2 Å². The van der Waals surface area contributed by atoms with Crippen molar-refractivity contribution in [3.05, 3.63) is 68.4 Å². The molecule has 3 heterocycles. The lowest BCUT2D eigenvalue weighted by Gasteiger charge is -2.10. The van der Waals surface area contributed by atoms with Crippen LogP contribution in [-0.4, -0.2) is 28.7 Å². The van der Waals surface area contributed by atoms with Crippen molar-refractivity contribution in [1.29, 1.82) is 0 Å². The number of fused-ring (bicyclic) bond motifs is 3. The summed E-state index contributed by atoms with van der Waals surface area (Å²) in [6.45, 7) is 6.14. The predicted molar refractivity (Wildman–Crippen MR) is 102 cm³/mol. The van der Waals surface area contributed by atoms with Gasteiger partial charge in [0.15, 0.2) is 5.82 Å². The number of aromatic nitrogens is 6. The molecule has 8 nitrogen and oxygen atoms in total. The zero-order valence-electron chi connectivity index (χ0n) is 15.7. The first-order valence-electron chi connectivity index (χ1n) is 8.76. The molecule has 0 spiro atoms. The minimum Gasteiger partial charge on any atom is -0.291 e. The summed E-state index contributed by atoms with van der Waals surface area (Å²) in [5, 5.41) is 8.98. The smallest absolute Gasteiger partial charge is 0.262 e. The number of aryl methyl sites for hydroxylation is 2. The molecular weight excluding hydrogens is 344 g/mol.